The van der Waals surface area contributed by atoms with Gasteiger partial charge >= 0.3 is 0 Å². The van der Waals surface area contributed by atoms with Gasteiger partial charge in [-0.2, -0.15) is 0 Å². The van der Waals surface area contributed by atoms with E-state index in [1.807, 2.05) is 49.4 Å². The lowest BCUT2D eigenvalue weighted by molar-refractivity contribution is 0.0826. The molecular weight excluding hydrogens is 348 g/mol. The molecule has 3 aromatic rings. The topological polar surface area (TPSA) is 50.2 Å². The van der Waals surface area contributed by atoms with Crippen LogP contribution >= 0.6 is 0 Å². The number of likely N-dealkylation sites (tertiary alicyclic amines) is 1. The van der Waals surface area contributed by atoms with Gasteiger partial charge in [0.2, 0.25) is 0 Å². The standard InChI is InChI=1S/C23H26N4O/c1-16-25-20-5-2-3-6-21(20)27(16)18-10-8-17(9-11-18)23(28)22-7-4-14-26(22)19-12-13-24-15-19/h2-3,5-6,8-11,19,22,24H,4,7,12-15H2,1H3. The molecule has 0 saturated carbocycles. The molecule has 2 aromatic carbocycles. The van der Waals surface area contributed by atoms with Gasteiger partial charge in [0.1, 0.15) is 5.82 Å². The predicted molar refractivity (Wildman–Crippen MR) is 111 cm³/mol. The van der Waals surface area contributed by atoms with Gasteiger partial charge in [0.15, 0.2) is 5.78 Å². The van der Waals surface area contributed by atoms with Gasteiger partial charge in [-0.3, -0.25) is 14.3 Å². The molecule has 1 N–H and O–H groups in total. The minimum Gasteiger partial charge on any atom is -0.315 e. The summed E-state index contributed by atoms with van der Waals surface area (Å²) in [5, 5.41) is 3.43. The first kappa shape index (κ1) is 17.6. The molecule has 144 valence electrons. The van der Waals surface area contributed by atoms with E-state index in [9.17, 15) is 4.79 Å². The molecule has 5 nitrogen and oxygen atoms in total. The van der Waals surface area contributed by atoms with Gasteiger partial charge in [-0.25, -0.2) is 4.98 Å². The van der Waals surface area contributed by atoms with Gasteiger partial charge in [-0.1, -0.05) is 12.1 Å². The number of imidazole rings is 1. The summed E-state index contributed by atoms with van der Waals surface area (Å²) in [5.41, 5.74) is 3.95. The summed E-state index contributed by atoms with van der Waals surface area (Å²) in [6.45, 7) is 5.14. The molecule has 28 heavy (non-hydrogen) atoms. The van der Waals surface area contributed by atoms with Crippen molar-refractivity contribution >= 4 is 16.8 Å². The maximum atomic E-state index is 13.2. The summed E-state index contributed by atoms with van der Waals surface area (Å²) >= 11 is 0. The average molecular weight is 374 g/mol. The highest BCUT2D eigenvalue weighted by atomic mass is 16.1. The summed E-state index contributed by atoms with van der Waals surface area (Å²) in [6.07, 6.45) is 3.24. The summed E-state index contributed by atoms with van der Waals surface area (Å²) in [5.74, 6) is 1.22. The maximum Gasteiger partial charge on any atom is 0.179 e. The second kappa shape index (κ2) is 7.15. The number of nitrogens with one attached hydrogen (secondary N) is 1. The van der Waals surface area contributed by atoms with Crippen LogP contribution in [0.3, 0.4) is 0 Å². The number of benzene rings is 2. The van der Waals surface area contributed by atoms with E-state index in [0.717, 1.165) is 67.0 Å². The molecule has 0 aliphatic carbocycles. The number of para-hydroxylation sites is 2. The highest BCUT2D eigenvalue weighted by Gasteiger charge is 2.36. The Labute approximate surface area is 165 Å². The molecule has 0 amide bonds. The molecule has 1 aromatic heterocycles. The van der Waals surface area contributed by atoms with Gasteiger partial charge in [0.25, 0.3) is 0 Å². The Morgan fingerprint density at radius 3 is 2.71 bits per heavy atom. The first-order valence-electron chi connectivity index (χ1n) is 10.3. The van der Waals surface area contributed by atoms with E-state index >= 15 is 0 Å². The van der Waals surface area contributed by atoms with Crippen molar-refractivity contribution in [3.63, 3.8) is 0 Å². The van der Waals surface area contributed by atoms with Gasteiger partial charge in [-0.05, 0) is 75.7 Å². The van der Waals surface area contributed by atoms with Gasteiger partial charge in [-0.15, -0.1) is 0 Å². The van der Waals surface area contributed by atoms with Crippen LogP contribution in [-0.2, 0) is 0 Å². The molecule has 2 saturated heterocycles. The summed E-state index contributed by atoms with van der Waals surface area (Å²) in [6, 6.07) is 16.8. The smallest absolute Gasteiger partial charge is 0.179 e. The zero-order valence-electron chi connectivity index (χ0n) is 16.3. The van der Waals surface area contributed by atoms with E-state index in [4.69, 9.17) is 0 Å². The fraction of sp³-hybridized carbons (Fsp3) is 0.391. The number of ketones is 1. The van der Waals surface area contributed by atoms with Crippen LogP contribution in [0.5, 0.6) is 0 Å². The van der Waals surface area contributed by atoms with Crippen LogP contribution in [0.2, 0.25) is 0 Å². The fourth-order valence-corrected chi connectivity index (χ4v) is 4.87. The Bertz CT molecular complexity index is 1000. The van der Waals surface area contributed by atoms with E-state index in [0.29, 0.717) is 6.04 Å². The van der Waals surface area contributed by atoms with Crippen molar-refractivity contribution in [1.82, 2.24) is 19.8 Å². The average Bonchev–Trinajstić information content (AvgIpc) is 3.46. The lowest BCUT2D eigenvalue weighted by atomic mass is 10.0. The number of hydrogen-bond donors (Lipinski definition) is 1. The molecule has 2 unspecified atom stereocenters. The lowest BCUT2D eigenvalue weighted by Crippen LogP contribution is -2.44. The summed E-state index contributed by atoms with van der Waals surface area (Å²) in [4.78, 5) is 20.3. The number of rotatable bonds is 4. The normalized spacial score (nSPS) is 22.9. The van der Waals surface area contributed by atoms with Gasteiger partial charge < -0.3 is 5.32 Å². The molecule has 0 spiro atoms. The molecule has 2 atom stereocenters. The van der Waals surface area contributed by atoms with Crippen molar-refractivity contribution in [3.05, 3.63) is 59.9 Å². The number of aryl methyl sites for hydroxylation is 1. The fourth-order valence-electron chi connectivity index (χ4n) is 4.87. The molecule has 0 bridgehead atoms. The number of Topliss-reactive ketones (excluding diaryl/α,β-unsaturated/α-hetero) is 1. The van der Waals surface area contributed by atoms with Crippen molar-refractivity contribution in [3.8, 4) is 5.69 Å². The van der Waals surface area contributed by atoms with Crippen LogP contribution in [0, 0.1) is 6.92 Å². The van der Waals surface area contributed by atoms with Gasteiger partial charge in [0, 0.05) is 23.8 Å². The maximum absolute atomic E-state index is 13.2. The Kier molecular flexibility index (Phi) is 4.49. The zero-order chi connectivity index (χ0) is 19.1. The molecule has 2 aliphatic heterocycles. The Hall–Kier alpha value is -2.50. The predicted octanol–water partition coefficient (Wildman–Crippen LogP) is 3.34. The van der Waals surface area contributed by atoms with Crippen LogP contribution in [0.1, 0.15) is 35.4 Å². The SMILES string of the molecule is Cc1nc2ccccc2n1-c1ccc(C(=O)C2CCCN2C2CCNC2)cc1. The molecule has 5 rings (SSSR count). The van der Waals surface area contributed by atoms with Crippen LogP contribution in [0.25, 0.3) is 16.7 Å². The van der Waals surface area contributed by atoms with Gasteiger partial charge in [0.05, 0.1) is 17.1 Å². The van der Waals surface area contributed by atoms with E-state index in [-0.39, 0.29) is 11.8 Å². The van der Waals surface area contributed by atoms with Crippen molar-refractivity contribution in [1.29, 1.82) is 0 Å². The van der Waals surface area contributed by atoms with E-state index < -0.39 is 0 Å². The van der Waals surface area contributed by atoms with E-state index in [1.54, 1.807) is 0 Å². The number of aromatic nitrogens is 2. The number of carbonyl (C=O) groups excluding carboxylic acids is 1. The molecule has 2 fully saturated rings. The molecule has 0 radical (unpaired) electrons. The molecule has 3 heterocycles. The third kappa shape index (κ3) is 2.95. The lowest BCUT2D eigenvalue weighted by Gasteiger charge is -2.29. The largest absolute Gasteiger partial charge is 0.315 e. The summed E-state index contributed by atoms with van der Waals surface area (Å²) in [7, 11) is 0. The highest BCUT2D eigenvalue weighted by molar-refractivity contribution is 6.00. The second-order valence-corrected chi connectivity index (χ2v) is 7.94. The van der Waals surface area contributed by atoms with Crippen molar-refractivity contribution < 1.29 is 4.79 Å². The highest BCUT2D eigenvalue weighted by Crippen LogP contribution is 2.27. The Balaban J connectivity index is 1.41. The van der Waals surface area contributed by atoms with E-state index in [1.165, 1.54) is 0 Å². The monoisotopic (exact) mass is 374 g/mol. The number of fused-ring (bicyclic) bond motifs is 1. The molecule has 5 heteroatoms. The second-order valence-electron chi connectivity index (χ2n) is 7.94. The Morgan fingerprint density at radius 1 is 1.11 bits per heavy atom. The van der Waals surface area contributed by atoms with Crippen molar-refractivity contribution in [2.45, 2.75) is 38.3 Å². The number of hydrogen-bond acceptors (Lipinski definition) is 4. The number of nitrogens with zero attached hydrogens (tertiary/aromatic N) is 3. The minimum atomic E-state index is 0.0339. The van der Waals surface area contributed by atoms with Crippen molar-refractivity contribution in [2.75, 3.05) is 19.6 Å². The van der Waals surface area contributed by atoms with Crippen LogP contribution in [0.15, 0.2) is 48.5 Å². The van der Waals surface area contributed by atoms with Crippen LogP contribution < -0.4 is 5.32 Å². The number of carbonyl (C=O) groups is 1. The van der Waals surface area contributed by atoms with Crippen LogP contribution in [-0.4, -0.2) is 52.0 Å². The Morgan fingerprint density at radius 2 is 1.93 bits per heavy atom. The first-order valence-corrected chi connectivity index (χ1v) is 10.3. The minimum absolute atomic E-state index is 0.0339. The third-order valence-electron chi connectivity index (χ3n) is 6.24. The zero-order valence-corrected chi connectivity index (χ0v) is 16.3. The van der Waals surface area contributed by atoms with Crippen LogP contribution in [0.4, 0.5) is 0 Å². The first-order chi connectivity index (χ1) is 13.7. The summed E-state index contributed by atoms with van der Waals surface area (Å²) < 4.78 is 2.15. The quantitative estimate of drug-likeness (QED) is 0.712. The third-order valence-corrected chi connectivity index (χ3v) is 6.24. The molecule has 2 aliphatic rings. The van der Waals surface area contributed by atoms with Crippen molar-refractivity contribution in [2.24, 2.45) is 0 Å². The molecular formula is C23H26N4O. The van der Waals surface area contributed by atoms with E-state index in [2.05, 4.69) is 25.8 Å².